The fourth-order valence-corrected chi connectivity index (χ4v) is 8.62. The van der Waals surface area contributed by atoms with Crippen molar-refractivity contribution in [3.05, 3.63) is 24.3 Å². The van der Waals surface area contributed by atoms with E-state index in [1.807, 2.05) is 0 Å². The number of esters is 2. The molecular weight excluding hydrogens is 789 g/mol. The van der Waals surface area contributed by atoms with Crippen molar-refractivity contribution in [3.63, 3.8) is 0 Å². The van der Waals surface area contributed by atoms with Crippen LogP contribution in [-0.2, 0) is 23.8 Å². The largest absolute Gasteiger partial charge is 0.462 e. The number of rotatable bonds is 54. The minimum atomic E-state index is -0.538. The average Bonchev–Trinajstić information content (AvgIpc) is 3.30. The molecule has 1 atom stereocenters. The van der Waals surface area contributed by atoms with Crippen LogP contribution in [0.15, 0.2) is 24.3 Å². The van der Waals surface area contributed by atoms with Crippen LogP contribution in [0.4, 0.5) is 0 Å². The van der Waals surface area contributed by atoms with Crippen molar-refractivity contribution in [2.24, 2.45) is 0 Å². The molecule has 0 aromatic carbocycles. The fraction of sp³-hybridized carbons (Fsp3) is 0.898. The molecule has 5 heteroatoms. The lowest BCUT2D eigenvalue weighted by Crippen LogP contribution is -2.30. The molecule has 0 fully saturated rings. The first kappa shape index (κ1) is 62.4. The fourth-order valence-electron chi connectivity index (χ4n) is 8.62. The van der Waals surface area contributed by atoms with E-state index < -0.39 is 6.10 Å². The molecule has 0 aromatic rings. The lowest BCUT2D eigenvalue weighted by atomic mass is 10.0. The van der Waals surface area contributed by atoms with Crippen molar-refractivity contribution in [2.75, 3.05) is 19.8 Å². The molecule has 0 amide bonds. The Kier molecular flexibility index (Phi) is 54.3. The standard InChI is InChI=1S/C59H112O5/c1-4-7-10-13-16-19-22-25-27-28-29-30-31-33-36-39-42-45-48-51-54-62-55-57(64-59(61)53-50-47-44-41-38-34-24-21-18-15-12-9-6-3)56-63-58(60)52-49-46-43-40-37-35-32-26-23-20-17-14-11-8-5-2/h21,24,26,32,57H,4-20,22-23,25,27-31,33-56H2,1-3H3/b24-21-,32-26-. The minimum absolute atomic E-state index is 0.0843. The zero-order valence-corrected chi connectivity index (χ0v) is 43.6. The summed E-state index contributed by atoms with van der Waals surface area (Å²) < 4.78 is 17.5. The van der Waals surface area contributed by atoms with Crippen molar-refractivity contribution in [3.8, 4) is 0 Å². The molecule has 0 heterocycles. The SMILES string of the molecule is CCCCCC/C=C\CCCCCCCC(=O)OC(COCCCCCCCCCCCCCCCCCCCCCC)COC(=O)CCCCCCC/C=C\CCCCCCCC. The van der Waals surface area contributed by atoms with Gasteiger partial charge in [0.2, 0.25) is 0 Å². The van der Waals surface area contributed by atoms with Crippen molar-refractivity contribution in [1.82, 2.24) is 0 Å². The molecule has 0 saturated heterocycles. The lowest BCUT2D eigenvalue weighted by Gasteiger charge is -2.18. The molecule has 0 aliphatic heterocycles. The van der Waals surface area contributed by atoms with E-state index in [0.29, 0.717) is 19.4 Å². The number of ether oxygens (including phenoxy) is 3. The second-order valence-electron chi connectivity index (χ2n) is 19.5. The van der Waals surface area contributed by atoms with E-state index in [4.69, 9.17) is 14.2 Å². The van der Waals surface area contributed by atoms with Crippen molar-refractivity contribution in [1.29, 1.82) is 0 Å². The average molecular weight is 902 g/mol. The van der Waals surface area contributed by atoms with Gasteiger partial charge in [0.25, 0.3) is 0 Å². The van der Waals surface area contributed by atoms with Crippen LogP contribution in [0.2, 0.25) is 0 Å². The van der Waals surface area contributed by atoms with Crippen molar-refractivity contribution in [2.45, 2.75) is 322 Å². The smallest absolute Gasteiger partial charge is 0.306 e. The summed E-state index contributed by atoms with van der Waals surface area (Å²) in [6, 6.07) is 0. The van der Waals surface area contributed by atoms with Gasteiger partial charge in [0.1, 0.15) is 6.61 Å². The maximum absolute atomic E-state index is 12.8. The molecule has 0 aliphatic rings. The molecule has 0 bridgehead atoms. The summed E-state index contributed by atoms with van der Waals surface area (Å²) in [7, 11) is 0. The van der Waals surface area contributed by atoms with Gasteiger partial charge in [-0.15, -0.1) is 0 Å². The Labute approximate surface area is 400 Å². The number of carbonyl (C=O) groups excluding carboxylic acids is 2. The summed E-state index contributed by atoms with van der Waals surface area (Å²) in [5.74, 6) is -0.397. The highest BCUT2D eigenvalue weighted by Gasteiger charge is 2.17. The van der Waals surface area contributed by atoms with Crippen LogP contribution in [0.1, 0.15) is 316 Å². The highest BCUT2D eigenvalue weighted by molar-refractivity contribution is 5.70. The van der Waals surface area contributed by atoms with Crippen LogP contribution in [0.25, 0.3) is 0 Å². The summed E-state index contributed by atoms with van der Waals surface area (Å²) in [6.07, 6.45) is 66.3. The van der Waals surface area contributed by atoms with Gasteiger partial charge in [-0.1, -0.05) is 257 Å². The highest BCUT2D eigenvalue weighted by atomic mass is 16.6. The predicted molar refractivity (Wildman–Crippen MR) is 279 cm³/mol. The monoisotopic (exact) mass is 901 g/mol. The summed E-state index contributed by atoms with van der Waals surface area (Å²) in [5.41, 5.74) is 0. The van der Waals surface area contributed by atoms with Gasteiger partial charge in [-0.25, -0.2) is 0 Å². The van der Waals surface area contributed by atoms with Crippen LogP contribution in [-0.4, -0.2) is 37.9 Å². The van der Waals surface area contributed by atoms with Gasteiger partial charge in [0, 0.05) is 19.4 Å². The van der Waals surface area contributed by atoms with Gasteiger partial charge in [-0.3, -0.25) is 9.59 Å². The van der Waals surface area contributed by atoms with E-state index in [2.05, 4.69) is 45.1 Å². The van der Waals surface area contributed by atoms with Gasteiger partial charge in [-0.2, -0.15) is 0 Å². The Balaban J connectivity index is 4.19. The van der Waals surface area contributed by atoms with Crippen LogP contribution in [0, 0.1) is 0 Å². The Morgan fingerprint density at radius 2 is 0.609 bits per heavy atom. The maximum atomic E-state index is 12.8. The van der Waals surface area contributed by atoms with Gasteiger partial charge in [0.15, 0.2) is 6.10 Å². The molecule has 1 unspecified atom stereocenters. The van der Waals surface area contributed by atoms with Crippen LogP contribution >= 0.6 is 0 Å². The molecular formula is C59H112O5. The summed E-state index contributed by atoms with van der Waals surface area (Å²) in [5, 5.41) is 0. The molecule has 0 saturated carbocycles. The summed E-state index contributed by atoms with van der Waals surface area (Å²) in [4.78, 5) is 25.5. The molecule has 0 aliphatic carbocycles. The van der Waals surface area contributed by atoms with Gasteiger partial charge >= 0.3 is 11.9 Å². The molecule has 5 nitrogen and oxygen atoms in total. The van der Waals surface area contributed by atoms with Gasteiger partial charge in [0.05, 0.1) is 6.61 Å². The summed E-state index contributed by atoms with van der Waals surface area (Å²) in [6.45, 7) is 7.86. The molecule has 0 aromatic heterocycles. The van der Waals surface area contributed by atoms with E-state index in [1.54, 1.807) is 0 Å². The number of hydrogen-bond acceptors (Lipinski definition) is 5. The zero-order valence-electron chi connectivity index (χ0n) is 43.6. The predicted octanol–water partition coefficient (Wildman–Crippen LogP) is 19.6. The topological polar surface area (TPSA) is 61.8 Å². The van der Waals surface area contributed by atoms with E-state index >= 15 is 0 Å². The second-order valence-corrected chi connectivity index (χ2v) is 19.5. The van der Waals surface area contributed by atoms with E-state index in [9.17, 15) is 9.59 Å². The lowest BCUT2D eigenvalue weighted by molar-refractivity contribution is -0.163. The van der Waals surface area contributed by atoms with Gasteiger partial charge < -0.3 is 14.2 Å². The first-order chi connectivity index (χ1) is 31.6. The zero-order chi connectivity index (χ0) is 46.3. The number of allylic oxidation sites excluding steroid dienone is 4. The normalized spacial score (nSPS) is 12.2. The molecule has 64 heavy (non-hydrogen) atoms. The molecule has 378 valence electrons. The molecule has 0 spiro atoms. The third kappa shape index (κ3) is 53.0. The first-order valence-corrected chi connectivity index (χ1v) is 28.9. The van der Waals surface area contributed by atoms with Crippen molar-refractivity contribution >= 4 is 11.9 Å². The van der Waals surface area contributed by atoms with Crippen LogP contribution in [0.5, 0.6) is 0 Å². The van der Waals surface area contributed by atoms with Crippen molar-refractivity contribution < 1.29 is 23.8 Å². The highest BCUT2D eigenvalue weighted by Crippen LogP contribution is 2.16. The Hall–Kier alpha value is -1.62. The van der Waals surface area contributed by atoms with Crippen LogP contribution < -0.4 is 0 Å². The first-order valence-electron chi connectivity index (χ1n) is 28.9. The Morgan fingerprint density at radius 3 is 0.969 bits per heavy atom. The number of carbonyl (C=O) groups is 2. The minimum Gasteiger partial charge on any atom is -0.462 e. The van der Waals surface area contributed by atoms with E-state index in [1.165, 1.54) is 225 Å². The van der Waals surface area contributed by atoms with Gasteiger partial charge in [-0.05, 0) is 70.6 Å². The summed E-state index contributed by atoms with van der Waals surface area (Å²) >= 11 is 0. The molecule has 0 rings (SSSR count). The Morgan fingerprint density at radius 1 is 0.328 bits per heavy atom. The molecule has 0 N–H and O–H groups in total. The van der Waals surface area contributed by atoms with E-state index in [-0.39, 0.29) is 25.2 Å². The van der Waals surface area contributed by atoms with Crippen LogP contribution in [0.3, 0.4) is 0 Å². The van der Waals surface area contributed by atoms with E-state index in [0.717, 1.165) is 57.8 Å². The number of hydrogen-bond donors (Lipinski definition) is 0. The maximum Gasteiger partial charge on any atom is 0.306 e. The third-order valence-electron chi connectivity index (χ3n) is 13.0. The third-order valence-corrected chi connectivity index (χ3v) is 13.0. The number of unbranched alkanes of at least 4 members (excludes halogenated alkanes) is 39. The Bertz CT molecular complexity index is 974. The second kappa shape index (κ2) is 55.7. The molecule has 0 radical (unpaired) electrons. The quantitative estimate of drug-likeness (QED) is 0.0346.